The number of hydrogen-bond acceptors (Lipinski definition) is 2. The van der Waals surface area contributed by atoms with Crippen molar-refractivity contribution in [3.05, 3.63) is 51.4 Å². The SMILES string of the molecule is Cc1cc(=O)n(C(=O)Nc2ccccc2Cl)[nH]1. The molecule has 2 N–H and O–H groups in total. The highest BCUT2D eigenvalue weighted by atomic mass is 35.5. The van der Waals surface area contributed by atoms with Crippen molar-refractivity contribution >= 4 is 23.3 Å². The lowest BCUT2D eigenvalue weighted by atomic mass is 10.3. The summed E-state index contributed by atoms with van der Waals surface area (Å²) in [6.45, 7) is 1.70. The number of aryl methyl sites for hydroxylation is 1. The van der Waals surface area contributed by atoms with Crippen LogP contribution in [0.3, 0.4) is 0 Å². The van der Waals surface area contributed by atoms with Gasteiger partial charge in [0.1, 0.15) is 0 Å². The Bertz CT molecular complexity index is 615. The molecule has 0 radical (unpaired) electrons. The van der Waals surface area contributed by atoms with E-state index in [-0.39, 0.29) is 0 Å². The Labute approximate surface area is 102 Å². The number of benzene rings is 1. The maximum atomic E-state index is 11.8. The number of anilines is 1. The van der Waals surface area contributed by atoms with E-state index in [1.54, 1.807) is 31.2 Å². The van der Waals surface area contributed by atoms with Crippen LogP contribution in [0.1, 0.15) is 5.69 Å². The van der Waals surface area contributed by atoms with Gasteiger partial charge in [0.15, 0.2) is 0 Å². The summed E-state index contributed by atoms with van der Waals surface area (Å²) in [6.07, 6.45) is 0. The number of carbonyl (C=O) groups is 1. The van der Waals surface area contributed by atoms with Crippen molar-refractivity contribution in [1.82, 2.24) is 9.78 Å². The fraction of sp³-hybridized carbons (Fsp3) is 0.0909. The minimum absolute atomic E-state index is 0.410. The zero-order valence-corrected chi connectivity index (χ0v) is 9.78. The normalized spacial score (nSPS) is 10.2. The maximum absolute atomic E-state index is 11.8. The van der Waals surface area contributed by atoms with Crippen LogP contribution in [0.5, 0.6) is 0 Å². The molecule has 0 saturated carbocycles. The molecule has 0 aliphatic carbocycles. The number of nitrogens with one attached hydrogen (secondary N) is 2. The van der Waals surface area contributed by atoms with Gasteiger partial charge in [0.2, 0.25) is 0 Å². The summed E-state index contributed by atoms with van der Waals surface area (Å²) in [6, 6.07) is 7.57. The molecule has 1 amide bonds. The molecule has 2 rings (SSSR count). The zero-order chi connectivity index (χ0) is 12.4. The Morgan fingerprint density at radius 2 is 2.12 bits per heavy atom. The summed E-state index contributed by atoms with van der Waals surface area (Å²) in [4.78, 5) is 23.2. The zero-order valence-electron chi connectivity index (χ0n) is 9.03. The van der Waals surface area contributed by atoms with E-state index in [4.69, 9.17) is 11.6 Å². The lowest BCUT2D eigenvalue weighted by Crippen LogP contribution is -2.29. The van der Waals surface area contributed by atoms with Crippen molar-refractivity contribution in [2.24, 2.45) is 0 Å². The van der Waals surface area contributed by atoms with Crippen LogP contribution in [0.4, 0.5) is 10.5 Å². The predicted molar refractivity (Wildman–Crippen MR) is 65.7 cm³/mol. The molecule has 2 aromatic rings. The molecule has 1 heterocycles. The van der Waals surface area contributed by atoms with Crippen LogP contribution in [0.25, 0.3) is 0 Å². The van der Waals surface area contributed by atoms with Crippen molar-refractivity contribution in [3.63, 3.8) is 0 Å². The van der Waals surface area contributed by atoms with Crippen LogP contribution < -0.4 is 10.9 Å². The molecule has 1 aromatic carbocycles. The van der Waals surface area contributed by atoms with Gasteiger partial charge in [0, 0.05) is 11.8 Å². The number of H-pyrrole nitrogens is 1. The van der Waals surface area contributed by atoms with Gasteiger partial charge in [-0.15, -0.1) is 0 Å². The average Bonchev–Trinajstić information content (AvgIpc) is 2.61. The van der Waals surface area contributed by atoms with Crippen LogP contribution in [-0.2, 0) is 0 Å². The molecule has 0 aliphatic rings. The monoisotopic (exact) mass is 251 g/mol. The minimum Gasteiger partial charge on any atom is -0.305 e. The number of aromatic amines is 1. The Kier molecular flexibility index (Phi) is 3.01. The van der Waals surface area contributed by atoms with E-state index >= 15 is 0 Å². The van der Waals surface area contributed by atoms with E-state index in [0.717, 1.165) is 4.68 Å². The Balaban J connectivity index is 2.26. The summed E-state index contributed by atoms with van der Waals surface area (Å²) in [7, 11) is 0. The van der Waals surface area contributed by atoms with Gasteiger partial charge in [-0.05, 0) is 19.1 Å². The van der Waals surface area contributed by atoms with E-state index in [2.05, 4.69) is 10.4 Å². The Morgan fingerprint density at radius 1 is 1.41 bits per heavy atom. The van der Waals surface area contributed by atoms with Gasteiger partial charge in [-0.25, -0.2) is 4.79 Å². The fourth-order valence-corrected chi connectivity index (χ4v) is 1.58. The second-order valence-corrected chi connectivity index (χ2v) is 3.93. The number of hydrogen-bond donors (Lipinski definition) is 2. The number of nitrogens with zero attached hydrogens (tertiary/aromatic N) is 1. The second-order valence-electron chi connectivity index (χ2n) is 3.52. The number of aromatic nitrogens is 2. The second kappa shape index (κ2) is 4.47. The summed E-state index contributed by atoms with van der Waals surface area (Å²) >= 11 is 5.89. The Morgan fingerprint density at radius 3 is 2.71 bits per heavy atom. The lowest BCUT2D eigenvalue weighted by molar-refractivity contribution is 0.250. The van der Waals surface area contributed by atoms with Gasteiger partial charge in [0.05, 0.1) is 10.7 Å². The topological polar surface area (TPSA) is 66.9 Å². The molecule has 0 bridgehead atoms. The largest absolute Gasteiger partial charge is 0.348 e. The number of amides is 1. The van der Waals surface area contributed by atoms with E-state index in [1.807, 2.05) is 0 Å². The highest BCUT2D eigenvalue weighted by Gasteiger charge is 2.10. The first kappa shape index (κ1) is 11.5. The molecule has 6 heteroatoms. The van der Waals surface area contributed by atoms with Gasteiger partial charge in [-0.2, -0.15) is 4.68 Å². The van der Waals surface area contributed by atoms with Crippen LogP contribution in [0.15, 0.2) is 35.1 Å². The van der Waals surface area contributed by atoms with Gasteiger partial charge < -0.3 is 5.32 Å². The number of carbonyl (C=O) groups excluding carboxylic acids is 1. The van der Waals surface area contributed by atoms with Gasteiger partial charge in [0.25, 0.3) is 5.56 Å². The minimum atomic E-state index is -0.573. The molecule has 0 spiro atoms. The first-order valence-corrected chi connectivity index (χ1v) is 5.30. The summed E-state index contributed by atoms with van der Waals surface area (Å²) < 4.78 is 0.888. The number of rotatable bonds is 1. The molecule has 17 heavy (non-hydrogen) atoms. The number of para-hydroxylation sites is 1. The lowest BCUT2D eigenvalue weighted by Gasteiger charge is -2.06. The van der Waals surface area contributed by atoms with Crippen LogP contribution >= 0.6 is 11.6 Å². The molecule has 0 unspecified atom stereocenters. The van der Waals surface area contributed by atoms with E-state index in [0.29, 0.717) is 16.4 Å². The molecule has 0 aliphatic heterocycles. The quantitative estimate of drug-likeness (QED) is 0.816. The molecule has 0 fully saturated rings. The predicted octanol–water partition coefficient (Wildman–Crippen LogP) is 2.22. The fourth-order valence-electron chi connectivity index (χ4n) is 1.40. The third-order valence-corrected chi connectivity index (χ3v) is 2.50. The van der Waals surface area contributed by atoms with Crippen molar-refractivity contribution < 1.29 is 4.79 Å². The van der Waals surface area contributed by atoms with Crippen molar-refractivity contribution in [1.29, 1.82) is 0 Å². The van der Waals surface area contributed by atoms with Gasteiger partial charge >= 0.3 is 6.03 Å². The summed E-state index contributed by atoms with van der Waals surface area (Å²) in [5.74, 6) is 0. The van der Waals surface area contributed by atoms with Crippen molar-refractivity contribution in [3.8, 4) is 0 Å². The highest BCUT2D eigenvalue weighted by molar-refractivity contribution is 6.33. The van der Waals surface area contributed by atoms with Crippen molar-refractivity contribution in [2.45, 2.75) is 6.92 Å². The van der Waals surface area contributed by atoms with Crippen LogP contribution in [0, 0.1) is 6.92 Å². The van der Waals surface area contributed by atoms with Crippen LogP contribution in [0.2, 0.25) is 5.02 Å². The third kappa shape index (κ3) is 2.39. The molecule has 88 valence electrons. The molecular formula is C11H10ClN3O2. The smallest absolute Gasteiger partial charge is 0.305 e. The average molecular weight is 252 g/mol. The van der Waals surface area contributed by atoms with Crippen LogP contribution in [-0.4, -0.2) is 15.8 Å². The molecule has 0 saturated heterocycles. The van der Waals surface area contributed by atoms with E-state index < -0.39 is 11.6 Å². The first-order chi connectivity index (χ1) is 8.08. The third-order valence-electron chi connectivity index (χ3n) is 2.17. The van der Waals surface area contributed by atoms with E-state index in [1.165, 1.54) is 6.07 Å². The maximum Gasteiger partial charge on any atom is 0.348 e. The summed E-state index contributed by atoms with van der Waals surface area (Å²) in [5.41, 5.74) is 0.662. The Hall–Kier alpha value is -2.01. The summed E-state index contributed by atoms with van der Waals surface area (Å²) in [5, 5.41) is 5.59. The van der Waals surface area contributed by atoms with Gasteiger partial charge in [-0.3, -0.25) is 9.89 Å². The molecule has 1 aromatic heterocycles. The van der Waals surface area contributed by atoms with Crippen molar-refractivity contribution in [2.75, 3.05) is 5.32 Å². The molecule has 0 atom stereocenters. The standard InChI is InChI=1S/C11H10ClN3O2/c1-7-6-10(16)15(14-7)11(17)13-9-5-3-2-4-8(9)12/h2-6,14H,1H3,(H,13,17). The first-order valence-electron chi connectivity index (χ1n) is 4.92. The molecule has 5 nitrogen and oxygen atoms in total. The van der Waals surface area contributed by atoms with E-state index in [9.17, 15) is 9.59 Å². The number of halogens is 1. The highest BCUT2D eigenvalue weighted by Crippen LogP contribution is 2.20. The molecular weight excluding hydrogens is 242 g/mol. The van der Waals surface area contributed by atoms with Gasteiger partial charge in [-0.1, -0.05) is 23.7 Å².